The van der Waals surface area contributed by atoms with Gasteiger partial charge in [0.15, 0.2) is 6.10 Å². The number of hydrogen-bond acceptors (Lipinski definition) is 4. The molecule has 1 saturated heterocycles. The van der Waals surface area contributed by atoms with Crippen molar-refractivity contribution < 1.29 is 9.53 Å². The first-order chi connectivity index (χ1) is 12.5. The van der Waals surface area contributed by atoms with Gasteiger partial charge >= 0.3 is 0 Å². The molecule has 7 heteroatoms. The van der Waals surface area contributed by atoms with Gasteiger partial charge in [0, 0.05) is 25.8 Å². The fourth-order valence-corrected chi connectivity index (χ4v) is 3.14. The van der Waals surface area contributed by atoms with E-state index in [1.165, 1.54) is 12.8 Å². The number of rotatable bonds is 6. The van der Waals surface area contributed by atoms with Crippen molar-refractivity contribution in [2.45, 2.75) is 32.4 Å². The van der Waals surface area contributed by atoms with Crippen molar-refractivity contribution in [1.29, 1.82) is 0 Å². The summed E-state index contributed by atoms with van der Waals surface area (Å²) in [5.41, 5.74) is 0.939. The van der Waals surface area contributed by atoms with E-state index in [0.29, 0.717) is 22.3 Å². The smallest absolute Gasteiger partial charge is 0.261 e. The second-order valence-electron chi connectivity index (χ2n) is 6.25. The molecule has 0 aliphatic carbocycles. The molecule has 1 unspecified atom stereocenters. The Labute approximate surface area is 163 Å². The summed E-state index contributed by atoms with van der Waals surface area (Å²) in [5, 5.41) is 3.54. The molecule has 1 fully saturated rings. The maximum absolute atomic E-state index is 12.3. The molecule has 1 aromatic heterocycles. The molecule has 138 valence electrons. The number of carbonyl (C=O) groups excluding carboxylic acids is 1. The minimum absolute atomic E-state index is 0.232. The number of amides is 1. The predicted molar refractivity (Wildman–Crippen MR) is 104 cm³/mol. The van der Waals surface area contributed by atoms with Crippen LogP contribution >= 0.6 is 23.2 Å². The van der Waals surface area contributed by atoms with Crippen molar-refractivity contribution in [3.63, 3.8) is 0 Å². The summed E-state index contributed by atoms with van der Waals surface area (Å²) in [7, 11) is 0. The third-order valence-corrected chi connectivity index (χ3v) is 5.10. The number of halogens is 2. The Hall–Kier alpha value is -1.98. The standard InChI is InChI=1S/C19H21Cl2N3O2/c1-13(26-16-6-4-5-15(20)18(16)21)19(25)23-12-14-7-8-17(22-11-14)24-9-2-3-10-24/h4-8,11,13H,2-3,9-10,12H2,1H3,(H,23,25). The molecule has 1 aromatic carbocycles. The SMILES string of the molecule is CC(Oc1cccc(Cl)c1Cl)C(=O)NCc1ccc(N2CCCC2)nc1. The van der Waals surface area contributed by atoms with Gasteiger partial charge in [0.25, 0.3) is 5.91 Å². The maximum Gasteiger partial charge on any atom is 0.261 e. The molecule has 1 amide bonds. The zero-order valence-corrected chi connectivity index (χ0v) is 16.1. The van der Waals surface area contributed by atoms with E-state index in [2.05, 4.69) is 15.2 Å². The largest absolute Gasteiger partial charge is 0.479 e. The van der Waals surface area contributed by atoms with Crippen molar-refractivity contribution in [2.24, 2.45) is 0 Å². The molecule has 5 nitrogen and oxygen atoms in total. The van der Waals surface area contributed by atoms with E-state index in [9.17, 15) is 4.79 Å². The van der Waals surface area contributed by atoms with Crippen molar-refractivity contribution >= 4 is 34.9 Å². The number of pyridine rings is 1. The number of ether oxygens (including phenoxy) is 1. The zero-order valence-electron chi connectivity index (χ0n) is 14.5. The van der Waals surface area contributed by atoms with E-state index in [1.54, 1.807) is 31.3 Å². The van der Waals surface area contributed by atoms with Crippen LogP contribution in [0.2, 0.25) is 10.0 Å². The highest BCUT2D eigenvalue weighted by Gasteiger charge is 2.17. The summed E-state index contributed by atoms with van der Waals surface area (Å²) in [4.78, 5) is 19.0. The summed E-state index contributed by atoms with van der Waals surface area (Å²) in [6.45, 7) is 4.18. The summed E-state index contributed by atoms with van der Waals surface area (Å²) >= 11 is 12.0. The van der Waals surface area contributed by atoms with Crippen LogP contribution in [0.5, 0.6) is 5.75 Å². The van der Waals surface area contributed by atoms with Gasteiger partial charge in [-0.25, -0.2) is 4.98 Å². The lowest BCUT2D eigenvalue weighted by Crippen LogP contribution is -2.36. The van der Waals surface area contributed by atoms with Crippen LogP contribution in [0.4, 0.5) is 5.82 Å². The molecule has 2 heterocycles. The fraction of sp³-hybridized carbons (Fsp3) is 0.368. The topological polar surface area (TPSA) is 54.5 Å². The second-order valence-corrected chi connectivity index (χ2v) is 7.03. The molecule has 1 atom stereocenters. The van der Waals surface area contributed by atoms with Gasteiger partial charge in [-0.3, -0.25) is 4.79 Å². The minimum atomic E-state index is -0.692. The Morgan fingerprint density at radius 1 is 1.27 bits per heavy atom. The van der Waals surface area contributed by atoms with Gasteiger partial charge < -0.3 is 15.0 Å². The van der Waals surface area contributed by atoms with Crippen molar-refractivity contribution in [1.82, 2.24) is 10.3 Å². The van der Waals surface area contributed by atoms with E-state index in [0.717, 1.165) is 24.5 Å². The average molecular weight is 394 g/mol. The molecule has 0 radical (unpaired) electrons. The van der Waals surface area contributed by atoms with Crippen LogP contribution < -0.4 is 15.0 Å². The number of anilines is 1. The lowest BCUT2D eigenvalue weighted by molar-refractivity contribution is -0.127. The van der Waals surface area contributed by atoms with E-state index in [-0.39, 0.29) is 5.91 Å². The van der Waals surface area contributed by atoms with Gasteiger partial charge in [-0.05, 0) is 43.5 Å². The van der Waals surface area contributed by atoms with Crippen LogP contribution in [0, 0.1) is 0 Å². The number of benzene rings is 1. The molecular weight excluding hydrogens is 373 g/mol. The summed E-state index contributed by atoms with van der Waals surface area (Å²) in [5.74, 6) is 1.15. The Morgan fingerprint density at radius 3 is 2.73 bits per heavy atom. The molecule has 0 bridgehead atoms. The molecule has 26 heavy (non-hydrogen) atoms. The average Bonchev–Trinajstić information content (AvgIpc) is 3.18. The lowest BCUT2D eigenvalue weighted by Gasteiger charge is -2.17. The summed E-state index contributed by atoms with van der Waals surface area (Å²) < 4.78 is 5.61. The molecule has 1 aliphatic heterocycles. The molecule has 3 rings (SSSR count). The highest BCUT2D eigenvalue weighted by atomic mass is 35.5. The first-order valence-corrected chi connectivity index (χ1v) is 9.38. The van der Waals surface area contributed by atoms with Gasteiger partial charge in [-0.15, -0.1) is 0 Å². The molecule has 1 N–H and O–H groups in total. The first-order valence-electron chi connectivity index (χ1n) is 8.63. The molecule has 1 aliphatic rings. The molecule has 2 aromatic rings. The Morgan fingerprint density at radius 2 is 2.04 bits per heavy atom. The first kappa shape index (κ1) is 18.8. The lowest BCUT2D eigenvalue weighted by atomic mass is 10.2. The van der Waals surface area contributed by atoms with Crippen molar-refractivity contribution in [3.8, 4) is 5.75 Å². The van der Waals surface area contributed by atoms with Crippen LogP contribution in [0.15, 0.2) is 36.5 Å². The van der Waals surface area contributed by atoms with Gasteiger partial charge in [0.1, 0.15) is 16.6 Å². The normalized spacial score (nSPS) is 15.0. The highest BCUT2D eigenvalue weighted by Crippen LogP contribution is 2.32. The number of carbonyl (C=O) groups is 1. The number of nitrogens with one attached hydrogen (secondary N) is 1. The Balaban J connectivity index is 1.52. The molecular formula is C19H21Cl2N3O2. The highest BCUT2D eigenvalue weighted by molar-refractivity contribution is 6.42. The van der Waals surface area contributed by atoms with Gasteiger partial charge in [0.2, 0.25) is 0 Å². The van der Waals surface area contributed by atoms with Gasteiger partial charge in [-0.2, -0.15) is 0 Å². The number of nitrogens with zero attached hydrogens (tertiary/aromatic N) is 2. The predicted octanol–water partition coefficient (Wildman–Crippen LogP) is 4.07. The number of hydrogen-bond donors (Lipinski definition) is 1. The third kappa shape index (κ3) is 4.59. The van der Waals surface area contributed by atoms with Crippen LogP contribution in [-0.4, -0.2) is 30.1 Å². The van der Waals surface area contributed by atoms with Crippen molar-refractivity contribution in [2.75, 3.05) is 18.0 Å². The van der Waals surface area contributed by atoms with Crippen molar-refractivity contribution in [3.05, 3.63) is 52.1 Å². The maximum atomic E-state index is 12.3. The van der Waals surface area contributed by atoms with E-state index in [4.69, 9.17) is 27.9 Å². The van der Waals surface area contributed by atoms with Crippen LogP contribution in [-0.2, 0) is 11.3 Å². The minimum Gasteiger partial charge on any atom is -0.479 e. The number of aromatic nitrogens is 1. The third-order valence-electron chi connectivity index (χ3n) is 4.30. The molecule has 0 saturated carbocycles. The van der Waals surface area contributed by atoms with Crippen LogP contribution in [0.3, 0.4) is 0 Å². The Kier molecular flexibility index (Phi) is 6.22. The zero-order chi connectivity index (χ0) is 18.5. The second kappa shape index (κ2) is 8.60. The van der Waals surface area contributed by atoms with Crippen LogP contribution in [0.25, 0.3) is 0 Å². The van der Waals surface area contributed by atoms with E-state index in [1.807, 2.05) is 12.1 Å². The van der Waals surface area contributed by atoms with Crippen LogP contribution in [0.1, 0.15) is 25.3 Å². The van der Waals surface area contributed by atoms with E-state index >= 15 is 0 Å². The molecule has 0 spiro atoms. The fourth-order valence-electron chi connectivity index (χ4n) is 2.81. The summed E-state index contributed by atoms with van der Waals surface area (Å²) in [6, 6.07) is 9.06. The summed E-state index contributed by atoms with van der Waals surface area (Å²) in [6.07, 6.45) is 3.54. The quantitative estimate of drug-likeness (QED) is 0.803. The van der Waals surface area contributed by atoms with E-state index < -0.39 is 6.10 Å². The Bertz CT molecular complexity index is 762. The monoisotopic (exact) mass is 393 g/mol. The van der Waals surface area contributed by atoms with Gasteiger partial charge in [0.05, 0.1) is 5.02 Å². The van der Waals surface area contributed by atoms with Gasteiger partial charge in [-0.1, -0.05) is 35.3 Å².